The van der Waals surface area contributed by atoms with Gasteiger partial charge in [-0.05, 0) is 0 Å². The van der Waals surface area contributed by atoms with E-state index >= 15 is 0 Å². The Balaban J connectivity index is 2.12. The van der Waals surface area contributed by atoms with Crippen molar-refractivity contribution in [3.05, 3.63) is 17.8 Å². The van der Waals surface area contributed by atoms with Crippen LogP contribution in [0.25, 0.3) is 0 Å². The van der Waals surface area contributed by atoms with Crippen LogP contribution in [0.5, 0.6) is 0 Å². The van der Waals surface area contributed by atoms with Crippen LogP contribution in [0.3, 0.4) is 0 Å². The summed E-state index contributed by atoms with van der Waals surface area (Å²) in [5, 5.41) is 3.26. The molecule has 1 aromatic heterocycles. The van der Waals surface area contributed by atoms with Crippen molar-refractivity contribution < 1.29 is 9.15 Å². The highest BCUT2D eigenvalue weighted by atomic mass is 16.5. The molecule has 1 aliphatic rings. The van der Waals surface area contributed by atoms with Crippen LogP contribution >= 0.6 is 0 Å². The number of morpholine rings is 1. The van der Waals surface area contributed by atoms with Crippen molar-refractivity contribution in [2.75, 3.05) is 19.7 Å². The van der Waals surface area contributed by atoms with Gasteiger partial charge in [-0.25, -0.2) is 4.98 Å². The molecule has 0 aromatic carbocycles. The molecular weight excluding hydrogens is 192 g/mol. The van der Waals surface area contributed by atoms with E-state index in [9.17, 15) is 0 Å². The molecule has 0 radical (unpaired) electrons. The van der Waals surface area contributed by atoms with Crippen molar-refractivity contribution in [3.63, 3.8) is 0 Å². The van der Waals surface area contributed by atoms with Crippen molar-refractivity contribution in [3.8, 4) is 0 Å². The van der Waals surface area contributed by atoms with Crippen LogP contribution in [0, 0.1) is 0 Å². The molecule has 15 heavy (non-hydrogen) atoms. The smallest absolute Gasteiger partial charge is 0.224 e. The van der Waals surface area contributed by atoms with Gasteiger partial charge in [-0.2, -0.15) is 0 Å². The number of hydrogen-bond donors (Lipinski definition) is 1. The largest absolute Gasteiger partial charge is 0.446 e. The van der Waals surface area contributed by atoms with Gasteiger partial charge in [0.1, 0.15) is 12.4 Å². The number of oxazole rings is 1. The zero-order chi connectivity index (χ0) is 10.9. The number of nitrogens with one attached hydrogen (secondary N) is 1. The van der Waals surface area contributed by atoms with Crippen molar-refractivity contribution >= 4 is 0 Å². The van der Waals surface area contributed by atoms with E-state index in [1.54, 1.807) is 6.26 Å². The summed E-state index contributed by atoms with van der Waals surface area (Å²) in [5.74, 6) is 0.687. The van der Waals surface area contributed by atoms with Gasteiger partial charge in [0.05, 0.1) is 12.3 Å². The summed E-state index contributed by atoms with van der Waals surface area (Å²) in [6.07, 6.45) is 1.70. The fraction of sp³-hybridized carbons (Fsp3) is 0.727. The fourth-order valence-electron chi connectivity index (χ4n) is 1.50. The number of rotatable bonds is 1. The van der Waals surface area contributed by atoms with E-state index in [4.69, 9.17) is 9.15 Å². The van der Waals surface area contributed by atoms with E-state index in [0.717, 1.165) is 25.4 Å². The molecule has 0 saturated carbocycles. The predicted octanol–water partition coefficient (Wildman–Crippen LogP) is 1.63. The topological polar surface area (TPSA) is 47.3 Å². The lowest BCUT2D eigenvalue weighted by Gasteiger charge is -2.20. The van der Waals surface area contributed by atoms with E-state index in [1.165, 1.54) is 0 Å². The number of ether oxygens (including phenoxy) is 1. The first kappa shape index (κ1) is 10.6. The Kier molecular flexibility index (Phi) is 2.80. The molecule has 0 spiro atoms. The lowest BCUT2D eigenvalue weighted by Crippen LogP contribution is -2.33. The van der Waals surface area contributed by atoms with Gasteiger partial charge >= 0.3 is 0 Å². The molecule has 0 amide bonds. The molecule has 1 aliphatic heterocycles. The van der Waals surface area contributed by atoms with Crippen molar-refractivity contribution in [1.29, 1.82) is 0 Å². The Hall–Kier alpha value is -0.870. The first-order valence-electron chi connectivity index (χ1n) is 5.35. The molecular formula is C11H18N2O2. The van der Waals surface area contributed by atoms with Crippen LogP contribution in [0.15, 0.2) is 10.7 Å². The third-order valence-electron chi connectivity index (χ3n) is 2.49. The Morgan fingerprint density at radius 1 is 1.47 bits per heavy atom. The SMILES string of the molecule is CC(C)(C)c1coc(C2CNCCO2)n1. The average molecular weight is 210 g/mol. The maximum absolute atomic E-state index is 5.57. The molecule has 1 fully saturated rings. The second-order valence-electron chi connectivity index (χ2n) is 4.88. The Morgan fingerprint density at radius 3 is 2.80 bits per heavy atom. The molecule has 1 atom stereocenters. The van der Waals surface area contributed by atoms with Gasteiger partial charge in [-0.15, -0.1) is 0 Å². The van der Waals surface area contributed by atoms with Gasteiger partial charge in [0.25, 0.3) is 0 Å². The van der Waals surface area contributed by atoms with Crippen LogP contribution in [0.4, 0.5) is 0 Å². The van der Waals surface area contributed by atoms with Crippen molar-refractivity contribution in [2.45, 2.75) is 32.3 Å². The molecule has 1 saturated heterocycles. The zero-order valence-corrected chi connectivity index (χ0v) is 9.54. The van der Waals surface area contributed by atoms with Gasteiger partial charge in [0.2, 0.25) is 5.89 Å². The molecule has 2 heterocycles. The summed E-state index contributed by atoms with van der Waals surface area (Å²) in [5.41, 5.74) is 1.01. The molecule has 0 aliphatic carbocycles. The molecule has 2 rings (SSSR count). The summed E-state index contributed by atoms with van der Waals surface area (Å²) >= 11 is 0. The van der Waals surface area contributed by atoms with E-state index in [2.05, 4.69) is 31.1 Å². The molecule has 1 unspecified atom stereocenters. The third kappa shape index (κ3) is 2.38. The van der Waals surface area contributed by atoms with Gasteiger partial charge in [-0.3, -0.25) is 0 Å². The lowest BCUT2D eigenvalue weighted by molar-refractivity contribution is 0.0108. The lowest BCUT2D eigenvalue weighted by atomic mass is 9.93. The molecule has 1 aromatic rings. The van der Waals surface area contributed by atoms with Crippen molar-refractivity contribution in [2.24, 2.45) is 0 Å². The number of aromatic nitrogens is 1. The summed E-state index contributed by atoms with van der Waals surface area (Å²) < 4.78 is 11.0. The first-order valence-corrected chi connectivity index (χ1v) is 5.35. The summed E-state index contributed by atoms with van der Waals surface area (Å²) in [4.78, 5) is 4.47. The molecule has 4 heteroatoms. The molecule has 0 bridgehead atoms. The fourth-order valence-corrected chi connectivity index (χ4v) is 1.50. The maximum atomic E-state index is 5.57. The van der Waals surface area contributed by atoms with Crippen LogP contribution in [-0.2, 0) is 10.2 Å². The molecule has 84 valence electrons. The summed E-state index contributed by atoms with van der Waals surface area (Å²) in [6, 6.07) is 0. The minimum absolute atomic E-state index is 0.0316. The van der Waals surface area contributed by atoms with Gasteiger partial charge in [-0.1, -0.05) is 20.8 Å². The minimum Gasteiger partial charge on any atom is -0.446 e. The van der Waals surface area contributed by atoms with Crippen LogP contribution in [0.1, 0.15) is 38.5 Å². The minimum atomic E-state index is -0.0325. The first-order chi connectivity index (χ1) is 7.07. The molecule has 4 nitrogen and oxygen atoms in total. The number of nitrogens with zero attached hydrogens (tertiary/aromatic N) is 1. The Morgan fingerprint density at radius 2 is 2.27 bits per heavy atom. The Bertz CT molecular complexity index is 322. The highest BCUT2D eigenvalue weighted by Gasteiger charge is 2.24. The van der Waals surface area contributed by atoms with E-state index in [1.807, 2.05) is 0 Å². The highest BCUT2D eigenvalue weighted by molar-refractivity contribution is 5.09. The van der Waals surface area contributed by atoms with E-state index in [-0.39, 0.29) is 11.5 Å². The van der Waals surface area contributed by atoms with E-state index < -0.39 is 0 Å². The van der Waals surface area contributed by atoms with Crippen molar-refractivity contribution in [1.82, 2.24) is 10.3 Å². The average Bonchev–Trinajstić information content (AvgIpc) is 2.67. The second-order valence-corrected chi connectivity index (χ2v) is 4.88. The normalized spacial score (nSPS) is 23.0. The quantitative estimate of drug-likeness (QED) is 0.765. The Labute approximate surface area is 90.0 Å². The van der Waals surface area contributed by atoms with E-state index in [0.29, 0.717) is 5.89 Å². The van der Waals surface area contributed by atoms with Crippen LogP contribution < -0.4 is 5.32 Å². The van der Waals surface area contributed by atoms with Crippen LogP contribution in [-0.4, -0.2) is 24.7 Å². The summed E-state index contributed by atoms with van der Waals surface area (Å²) in [7, 11) is 0. The standard InChI is InChI=1S/C11H18N2O2/c1-11(2,3)9-7-15-10(13-9)8-6-12-4-5-14-8/h7-8,12H,4-6H2,1-3H3. The highest BCUT2D eigenvalue weighted by Crippen LogP contribution is 2.25. The maximum Gasteiger partial charge on any atom is 0.224 e. The van der Waals surface area contributed by atoms with Gasteiger partial charge < -0.3 is 14.5 Å². The summed E-state index contributed by atoms with van der Waals surface area (Å²) in [6.45, 7) is 8.77. The monoisotopic (exact) mass is 210 g/mol. The van der Waals surface area contributed by atoms with Crippen LogP contribution in [0.2, 0.25) is 0 Å². The number of hydrogen-bond acceptors (Lipinski definition) is 4. The second kappa shape index (κ2) is 3.94. The van der Waals surface area contributed by atoms with Gasteiger partial charge in [0.15, 0.2) is 0 Å². The van der Waals surface area contributed by atoms with Gasteiger partial charge in [0, 0.05) is 18.5 Å². The third-order valence-corrected chi connectivity index (χ3v) is 2.49. The molecule has 1 N–H and O–H groups in total. The predicted molar refractivity (Wildman–Crippen MR) is 56.8 cm³/mol. The zero-order valence-electron chi connectivity index (χ0n) is 9.54.